The zero-order valence-corrected chi connectivity index (χ0v) is 8.84. The summed E-state index contributed by atoms with van der Waals surface area (Å²) in [5, 5.41) is 0. The van der Waals surface area contributed by atoms with Crippen molar-refractivity contribution in [2.45, 2.75) is 46.1 Å². The largest absolute Gasteiger partial charge is 0.466 e. The van der Waals surface area contributed by atoms with Crippen LogP contribution in [-0.2, 0) is 14.3 Å². The molecule has 0 fully saturated rings. The van der Waals surface area contributed by atoms with Gasteiger partial charge in [-0.05, 0) is 13.3 Å². The Morgan fingerprint density at radius 1 is 1.31 bits per heavy atom. The molecule has 0 heterocycles. The van der Waals surface area contributed by atoms with E-state index in [0.717, 1.165) is 19.4 Å². The summed E-state index contributed by atoms with van der Waals surface area (Å²) >= 11 is 0. The molecular formula is C10H20O3. The molecule has 3 heteroatoms. The van der Waals surface area contributed by atoms with Gasteiger partial charge in [-0.15, -0.1) is 0 Å². The van der Waals surface area contributed by atoms with Gasteiger partial charge in [0.1, 0.15) is 0 Å². The Hall–Kier alpha value is -0.570. The second-order valence-corrected chi connectivity index (χ2v) is 3.04. The SMILES string of the molecule is CCCOC(C)CCOC(=O)CC. The molecule has 0 saturated heterocycles. The molecule has 0 aliphatic carbocycles. The van der Waals surface area contributed by atoms with Crippen molar-refractivity contribution in [3.63, 3.8) is 0 Å². The van der Waals surface area contributed by atoms with Crippen LogP contribution in [0, 0.1) is 0 Å². The first-order valence-electron chi connectivity index (χ1n) is 4.97. The highest BCUT2D eigenvalue weighted by molar-refractivity contribution is 5.68. The maximum Gasteiger partial charge on any atom is 0.305 e. The molecule has 0 N–H and O–H groups in total. The van der Waals surface area contributed by atoms with Gasteiger partial charge in [-0.3, -0.25) is 4.79 Å². The van der Waals surface area contributed by atoms with Gasteiger partial charge in [-0.25, -0.2) is 0 Å². The predicted octanol–water partition coefficient (Wildman–Crippen LogP) is 2.14. The van der Waals surface area contributed by atoms with Gasteiger partial charge >= 0.3 is 5.97 Å². The summed E-state index contributed by atoms with van der Waals surface area (Å²) in [6, 6.07) is 0. The fraction of sp³-hybridized carbons (Fsp3) is 0.900. The average Bonchev–Trinajstić information content (AvgIpc) is 2.14. The van der Waals surface area contributed by atoms with Crippen molar-refractivity contribution in [1.82, 2.24) is 0 Å². The Kier molecular flexibility index (Phi) is 7.69. The second kappa shape index (κ2) is 8.05. The lowest BCUT2D eigenvalue weighted by Gasteiger charge is -2.11. The van der Waals surface area contributed by atoms with Crippen molar-refractivity contribution in [3.8, 4) is 0 Å². The van der Waals surface area contributed by atoms with Crippen LogP contribution in [-0.4, -0.2) is 25.3 Å². The first kappa shape index (κ1) is 12.4. The lowest BCUT2D eigenvalue weighted by atomic mass is 10.3. The van der Waals surface area contributed by atoms with Crippen LogP contribution in [0.1, 0.15) is 40.0 Å². The Bertz CT molecular complexity index is 134. The van der Waals surface area contributed by atoms with Crippen molar-refractivity contribution < 1.29 is 14.3 Å². The van der Waals surface area contributed by atoms with Crippen LogP contribution in [0.3, 0.4) is 0 Å². The summed E-state index contributed by atoms with van der Waals surface area (Å²) in [5.41, 5.74) is 0. The second-order valence-electron chi connectivity index (χ2n) is 3.04. The van der Waals surface area contributed by atoms with Crippen molar-refractivity contribution in [2.24, 2.45) is 0 Å². The smallest absolute Gasteiger partial charge is 0.305 e. The molecule has 0 spiro atoms. The number of rotatable bonds is 7. The van der Waals surface area contributed by atoms with E-state index in [-0.39, 0.29) is 12.1 Å². The number of carbonyl (C=O) groups is 1. The summed E-state index contributed by atoms with van der Waals surface area (Å²) in [4.78, 5) is 10.7. The van der Waals surface area contributed by atoms with Crippen LogP contribution in [0.5, 0.6) is 0 Å². The lowest BCUT2D eigenvalue weighted by Crippen LogP contribution is -2.14. The molecule has 0 saturated carbocycles. The standard InChI is InChI=1S/C10H20O3/c1-4-7-12-9(3)6-8-13-10(11)5-2/h9H,4-8H2,1-3H3. The molecule has 0 aliphatic rings. The summed E-state index contributed by atoms with van der Waals surface area (Å²) in [5.74, 6) is -0.136. The van der Waals surface area contributed by atoms with Crippen LogP contribution in [0.25, 0.3) is 0 Å². The highest BCUT2D eigenvalue weighted by Crippen LogP contribution is 1.99. The van der Waals surface area contributed by atoms with Gasteiger partial charge in [-0.2, -0.15) is 0 Å². The van der Waals surface area contributed by atoms with Gasteiger partial charge in [0.25, 0.3) is 0 Å². The molecule has 0 aliphatic heterocycles. The van der Waals surface area contributed by atoms with Crippen LogP contribution in [0.4, 0.5) is 0 Å². The van der Waals surface area contributed by atoms with Crippen LogP contribution in [0.15, 0.2) is 0 Å². The molecule has 3 nitrogen and oxygen atoms in total. The Morgan fingerprint density at radius 3 is 2.54 bits per heavy atom. The maximum atomic E-state index is 10.7. The predicted molar refractivity (Wildman–Crippen MR) is 51.6 cm³/mol. The number of ether oxygens (including phenoxy) is 2. The van der Waals surface area contributed by atoms with Gasteiger partial charge in [0.15, 0.2) is 0 Å². The van der Waals surface area contributed by atoms with E-state index in [2.05, 4.69) is 6.92 Å². The molecule has 1 atom stereocenters. The number of carbonyl (C=O) groups excluding carboxylic acids is 1. The summed E-state index contributed by atoms with van der Waals surface area (Å²) in [7, 11) is 0. The zero-order valence-electron chi connectivity index (χ0n) is 8.84. The van der Waals surface area contributed by atoms with Crippen LogP contribution in [0.2, 0.25) is 0 Å². The van der Waals surface area contributed by atoms with Crippen LogP contribution >= 0.6 is 0 Å². The van der Waals surface area contributed by atoms with E-state index in [1.54, 1.807) is 6.92 Å². The summed E-state index contributed by atoms with van der Waals surface area (Å²) < 4.78 is 10.3. The Morgan fingerprint density at radius 2 is 2.00 bits per heavy atom. The third-order valence-electron chi connectivity index (χ3n) is 1.68. The third-order valence-corrected chi connectivity index (χ3v) is 1.68. The minimum atomic E-state index is -0.136. The van der Waals surface area contributed by atoms with E-state index in [1.165, 1.54) is 0 Å². The Balaban J connectivity index is 3.26. The Labute approximate surface area is 80.4 Å². The topological polar surface area (TPSA) is 35.5 Å². The van der Waals surface area contributed by atoms with Crippen molar-refractivity contribution in [2.75, 3.05) is 13.2 Å². The van der Waals surface area contributed by atoms with Crippen molar-refractivity contribution in [1.29, 1.82) is 0 Å². The van der Waals surface area contributed by atoms with Crippen LogP contribution < -0.4 is 0 Å². The van der Waals surface area contributed by atoms with Crippen molar-refractivity contribution in [3.05, 3.63) is 0 Å². The van der Waals surface area contributed by atoms with Gasteiger partial charge < -0.3 is 9.47 Å². The molecule has 0 aromatic rings. The van der Waals surface area contributed by atoms with Crippen molar-refractivity contribution >= 4 is 5.97 Å². The zero-order chi connectivity index (χ0) is 10.1. The van der Waals surface area contributed by atoms with E-state index < -0.39 is 0 Å². The molecule has 78 valence electrons. The van der Waals surface area contributed by atoms with Gasteiger partial charge in [0.2, 0.25) is 0 Å². The fourth-order valence-corrected chi connectivity index (χ4v) is 0.843. The molecule has 0 aromatic carbocycles. The van der Waals surface area contributed by atoms with Gasteiger partial charge in [-0.1, -0.05) is 13.8 Å². The van der Waals surface area contributed by atoms with E-state index >= 15 is 0 Å². The lowest BCUT2D eigenvalue weighted by molar-refractivity contribution is -0.144. The first-order chi connectivity index (χ1) is 6.20. The minimum absolute atomic E-state index is 0.136. The minimum Gasteiger partial charge on any atom is -0.466 e. The molecule has 0 aromatic heterocycles. The number of esters is 1. The van der Waals surface area contributed by atoms with E-state index in [1.807, 2.05) is 6.92 Å². The van der Waals surface area contributed by atoms with E-state index in [0.29, 0.717) is 13.0 Å². The van der Waals surface area contributed by atoms with E-state index in [4.69, 9.17) is 9.47 Å². The maximum absolute atomic E-state index is 10.7. The summed E-state index contributed by atoms with van der Waals surface area (Å²) in [6.45, 7) is 7.11. The molecular weight excluding hydrogens is 168 g/mol. The molecule has 0 bridgehead atoms. The number of hydrogen-bond donors (Lipinski definition) is 0. The normalized spacial score (nSPS) is 12.5. The first-order valence-corrected chi connectivity index (χ1v) is 4.97. The highest BCUT2D eigenvalue weighted by Gasteiger charge is 2.03. The summed E-state index contributed by atoms with van der Waals surface area (Å²) in [6.07, 6.45) is 2.44. The monoisotopic (exact) mass is 188 g/mol. The molecule has 0 radical (unpaired) electrons. The molecule has 1 unspecified atom stereocenters. The third kappa shape index (κ3) is 7.78. The molecule has 0 amide bonds. The van der Waals surface area contributed by atoms with E-state index in [9.17, 15) is 4.79 Å². The van der Waals surface area contributed by atoms with Gasteiger partial charge in [0, 0.05) is 19.4 Å². The average molecular weight is 188 g/mol. The quantitative estimate of drug-likeness (QED) is 0.574. The number of hydrogen-bond acceptors (Lipinski definition) is 3. The van der Waals surface area contributed by atoms with Gasteiger partial charge in [0.05, 0.1) is 12.7 Å². The fourth-order valence-electron chi connectivity index (χ4n) is 0.843. The molecule has 13 heavy (non-hydrogen) atoms. The molecule has 0 rings (SSSR count). The highest BCUT2D eigenvalue weighted by atomic mass is 16.5.